The number of carbonyl (C=O) groups excluding carboxylic acids is 1. The van der Waals surface area contributed by atoms with Crippen molar-refractivity contribution in [1.82, 2.24) is 19.7 Å². The Morgan fingerprint density at radius 1 is 1.23 bits per heavy atom. The molecular formula is C22H25ClN6O5S. The molecule has 13 heteroatoms. The quantitative estimate of drug-likeness (QED) is 0.297. The number of nitrogens with zero attached hydrogens (tertiary/aromatic N) is 4. The number of rotatable bonds is 9. The Kier molecular flexibility index (Phi) is 7.47. The van der Waals surface area contributed by atoms with Crippen molar-refractivity contribution in [1.29, 1.82) is 0 Å². The Bertz CT molecular complexity index is 1320. The smallest absolute Gasteiger partial charge is 0.218 e. The average Bonchev–Trinajstić information content (AvgIpc) is 3.39. The summed E-state index contributed by atoms with van der Waals surface area (Å²) in [6.07, 6.45) is 2.31. The summed E-state index contributed by atoms with van der Waals surface area (Å²) >= 11 is 6.21. The zero-order valence-electron chi connectivity index (χ0n) is 18.5. The van der Waals surface area contributed by atoms with Gasteiger partial charge < -0.3 is 15.5 Å². The number of nitrogens with one attached hydrogen (secondary N) is 1. The van der Waals surface area contributed by atoms with Crippen LogP contribution in [0.15, 0.2) is 49.1 Å². The van der Waals surface area contributed by atoms with E-state index in [0.717, 1.165) is 5.56 Å². The third kappa shape index (κ3) is 6.03. The third-order valence-electron chi connectivity index (χ3n) is 6.02. The van der Waals surface area contributed by atoms with Crippen LogP contribution in [0.5, 0.6) is 0 Å². The Morgan fingerprint density at radius 2 is 2.00 bits per heavy atom. The molecule has 5 N–H and O–H groups in total. The molecule has 3 aromatic rings. The molecule has 35 heavy (non-hydrogen) atoms. The van der Waals surface area contributed by atoms with Crippen LogP contribution in [0.1, 0.15) is 34.5 Å². The summed E-state index contributed by atoms with van der Waals surface area (Å²) in [6.45, 7) is 0.384. The van der Waals surface area contributed by atoms with Crippen molar-refractivity contribution in [3.8, 4) is 0 Å². The van der Waals surface area contributed by atoms with Gasteiger partial charge in [0.1, 0.15) is 23.9 Å². The Labute approximate surface area is 207 Å². The number of aliphatic hydroxyl groups is 2. The van der Waals surface area contributed by atoms with Crippen LogP contribution in [0, 0.1) is 5.92 Å². The second kappa shape index (κ2) is 10.4. The zero-order valence-corrected chi connectivity index (χ0v) is 20.1. The molecule has 1 saturated carbocycles. The number of anilines is 1. The fourth-order valence-electron chi connectivity index (χ4n) is 4.17. The molecule has 0 bridgehead atoms. The maximum atomic E-state index is 13.2. The molecular weight excluding hydrogens is 496 g/mol. The molecule has 1 aliphatic rings. The predicted molar refractivity (Wildman–Crippen MR) is 128 cm³/mol. The van der Waals surface area contributed by atoms with Crippen LogP contribution >= 0.6 is 11.6 Å². The molecule has 11 nitrogen and oxygen atoms in total. The highest BCUT2D eigenvalue weighted by molar-refractivity contribution is 7.89. The van der Waals surface area contributed by atoms with E-state index < -0.39 is 40.0 Å². The van der Waals surface area contributed by atoms with Gasteiger partial charge in [0.05, 0.1) is 30.0 Å². The van der Waals surface area contributed by atoms with E-state index in [2.05, 4.69) is 20.4 Å². The number of nitrogens with two attached hydrogens (primary N) is 1. The maximum Gasteiger partial charge on any atom is 0.218 e. The number of aliphatic hydroxyl groups excluding tert-OH is 2. The molecule has 1 aromatic carbocycles. The normalized spacial score (nSPS) is 22.3. The fourth-order valence-corrected chi connectivity index (χ4v) is 4.99. The topological polar surface area (TPSA) is 173 Å². The van der Waals surface area contributed by atoms with Crippen molar-refractivity contribution in [2.24, 2.45) is 11.1 Å². The lowest BCUT2D eigenvalue weighted by Crippen LogP contribution is -2.36. The highest BCUT2D eigenvalue weighted by Crippen LogP contribution is 2.32. The molecule has 0 amide bonds. The molecule has 1 aliphatic carbocycles. The van der Waals surface area contributed by atoms with Crippen LogP contribution in [-0.2, 0) is 16.6 Å². The van der Waals surface area contributed by atoms with Gasteiger partial charge in [0.2, 0.25) is 15.8 Å². The molecule has 0 spiro atoms. The summed E-state index contributed by atoms with van der Waals surface area (Å²) in [5, 5.41) is 33.8. The summed E-state index contributed by atoms with van der Waals surface area (Å²) in [5.74, 6) is -1.04. The molecule has 4 atom stereocenters. The van der Waals surface area contributed by atoms with E-state index in [9.17, 15) is 23.4 Å². The van der Waals surface area contributed by atoms with Crippen LogP contribution in [0.25, 0.3) is 0 Å². The molecule has 1 unspecified atom stereocenters. The summed E-state index contributed by atoms with van der Waals surface area (Å²) in [6, 6.07) is 8.26. The van der Waals surface area contributed by atoms with Gasteiger partial charge in [0.15, 0.2) is 0 Å². The van der Waals surface area contributed by atoms with E-state index in [1.165, 1.54) is 12.5 Å². The van der Waals surface area contributed by atoms with E-state index >= 15 is 0 Å². The number of sulfonamides is 1. The number of hydrogen-bond acceptors (Lipinski definition) is 9. The van der Waals surface area contributed by atoms with E-state index in [4.69, 9.17) is 16.7 Å². The van der Waals surface area contributed by atoms with Crippen molar-refractivity contribution >= 4 is 33.2 Å². The minimum atomic E-state index is -3.69. The fraction of sp³-hybridized carbons (Fsp3) is 0.364. The first-order valence-electron chi connectivity index (χ1n) is 10.9. The first-order valence-corrected chi connectivity index (χ1v) is 13.0. The molecule has 4 rings (SSSR count). The van der Waals surface area contributed by atoms with Crippen molar-refractivity contribution in [2.45, 2.75) is 37.6 Å². The van der Waals surface area contributed by atoms with Crippen LogP contribution in [0.3, 0.4) is 0 Å². The van der Waals surface area contributed by atoms with Gasteiger partial charge in [-0.1, -0.05) is 29.8 Å². The molecule has 1 fully saturated rings. The minimum absolute atomic E-state index is 0.105. The number of benzene rings is 1. The number of aromatic nitrogens is 4. The number of ketones is 1. The number of hydrogen-bond donors (Lipinski definition) is 4. The summed E-state index contributed by atoms with van der Waals surface area (Å²) in [4.78, 5) is 21.3. The van der Waals surface area contributed by atoms with Gasteiger partial charge >= 0.3 is 0 Å². The molecule has 0 saturated heterocycles. The minimum Gasteiger partial charge on any atom is -0.390 e. The highest BCUT2D eigenvalue weighted by atomic mass is 35.5. The molecule has 0 aliphatic heterocycles. The summed E-state index contributed by atoms with van der Waals surface area (Å²) in [5.41, 5.74) is 1.17. The maximum absolute atomic E-state index is 13.2. The van der Waals surface area contributed by atoms with Gasteiger partial charge in [-0.15, -0.1) is 0 Å². The first kappa shape index (κ1) is 25.2. The number of primary sulfonamides is 1. The number of halogens is 1. The monoisotopic (exact) mass is 520 g/mol. The SMILES string of the molecule is NS(=O)(=O)CC[C@H]1CC(Nc2ncncc2C(=O)c2ccn(Cc3ccccc3Cl)n2)[C@H](O)[C@@H]1O. The summed E-state index contributed by atoms with van der Waals surface area (Å²) < 4.78 is 24.1. The largest absolute Gasteiger partial charge is 0.390 e. The number of carbonyl (C=O) groups is 1. The predicted octanol–water partition coefficient (Wildman–Crippen LogP) is 0.807. The highest BCUT2D eigenvalue weighted by Gasteiger charge is 2.42. The van der Waals surface area contributed by atoms with E-state index in [1.54, 1.807) is 23.0 Å². The lowest BCUT2D eigenvalue weighted by Gasteiger charge is -2.19. The Morgan fingerprint density at radius 3 is 2.74 bits per heavy atom. The van der Waals surface area contributed by atoms with Gasteiger partial charge in [0.25, 0.3) is 0 Å². The van der Waals surface area contributed by atoms with E-state index in [-0.39, 0.29) is 35.7 Å². The van der Waals surface area contributed by atoms with Gasteiger partial charge in [-0.25, -0.2) is 23.5 Å². The Hall–Kier alpha value is -2.90. The molecule has 2 heterocycles. The standard InChI is InChI=1S/C22H25ClN6O5S/c23-16-4-2-1-3-14(16)11-29-7-5-17(28-29)20(31)15-10-25-12-26-22(15)27-18-9-13(19(30)21(18)32)6-8-35(24,33)34/h1-5,7,10,12-13,18-19,21,30,32H,6,8-9,11H2,(H2,24,33,34)(H,25,26,27)/t13-,18?,19+,21-/m0/s1. The van der Waals surface area contributed by atoms with Crippen LogP contribution < -0.4 is 10.5 Å². The van der Waals surface area contributed by atoms with Crippen molar-refractivity contribution in [2.75, 3.05) is 11.1 Å². The first-order chi connectivity index (χ1) is 16.6. The lowest BCUT2D eigenvalue weighted by molar-refractivity contribution is 0.0168. The van der Waals surface area contributed by atoms with E-state index in [0.29, 0.717) is 11.6 Å². The van der Waals surface area contributed by atoms with Crippen molar-refractivity contribution in [3.05, 3.63) is 70.9 Å². The van der Waals surface area contributed by atoms with Crippen molar-refractivity contribution in [3.63, 3.8) is 0 Å². The van der Waals surface area contributed by atoms with Crippen LogP contribution in [0.2, 0.25) is 5.02 Å². The zero-order chi connectivity index (χ0) is 25.2. The molecule has 186 valence electrons. The van der Waals surface area contributed by atoms with Gasteiger partial charge in [-0.3, -0.25) is 9.48 Å². The second-order valence-electron chi connectivity index (χ2n) is 8.49. The van der Waals surface area contributed by atoms with Gasteiger partial charge in [0, 0.05) is 17.4 Å². The van der Waals surface area contributed by atoms with Gasteiger partial charge in [-0.05, 0) is 36.5 Å². The molecule has 2 aromatic heterocycles. The lowest BCUT2D eigenvalue weighted by atomic mass is 10.0. The third-order valence-corrected chi connectivity index (χ3v) is 7.19. The summed E-state index contributed by atoms with van der Waals surface area (Å²) in [7, 11) is -3.69. The molecule has 0 radical (unpaired) electrons. The van der Waals surface area contributed by atoms with Crippen LogP contribution in [-0.4, -0.2) is 68.2 Å². The second-order valence-corrected chi connectivity index (χ2v) is 10.6. The van der Waals surface area contributed by atoms with Gasteiger partial charge in [-0.2, -0.15) is 5.10 Å². The van der Waals surface area contributed by atoms with Crippen LogP contribution in [0.4, 0.5) is 5.82 Å². The van der Waals surface area contributed by atoms with E-state index in [1.807, 2.05) is 18.2 Å². The van der Waals surface area contributed by atoms with Crippen molar-refractivity contribution < 1.29 is 23.4 Å². The Balaban J connectivity index is 1.48. The average molecular weight is 521 g/mol.